The lowest BCUT2D eigenvalue weighted by molar-refractivity contribution is 0.0697. The molecule has 1 aliphatic rings. The van der Waals surface area contributed by atoms with Crippen LogP contribution in [0, 0.1) is 0 Å². The first kappa shape index (κ1) is 9.84. The molecular weight excluding hydrogens is 272 g/mol. The predicted molar refractivity (Wildman–Crippen MR) is 63.0 cm³/mol. The predicted octanol–water partition coefficient (Wildman–Crippen LogP) is 2.57. The molecule has 0 spiro atoms. The van der Waals surface area contributed by atoms with Gasteiger partial charge in [-0.2, -0.15) is 0 Å². The summed E-state index contributed by atoms with van der Waals surface area (Å²) in [5.74, 6) is 0.100. The Bertz CT molecular complexity index is 591. The smallest absolute Gasteiger partial charge is 0.335 e. The maximum Gasteiger partial charge on any atom is 0.335 e. The fourth-order valence-corrected chi connectivity index (χ4v) is 2.67. The summed E-state index contributed by atoms with van der Waals surface area (Å²) in [7, 11) is 0. The van der Waals surface area contributed by atoms with E-state index in [0.29, 0.717) is 5.56 Å². The molecule has 1 unspecified atom stereocenters. The summed E-state index contributed by atoms with van der Waals surface area (Å²) in [6, 6.07) is 5.06. The third kappa shape index (κ3) is 1.28. The number of hydrogen-bond donors (Lipinski definition) is 1. The van der Waals surface area contributed by atoms with Crippen LogP contribution in [0.3, 0.4) is 0 Å². The molecule has 0 saturated carbocycles. The van der Waals surface area contributed by atoms with Gasteiger partial charge in [0.2, 0.25) is 0 Å². The Kier molecular flexibility index (Phi) is 2.04. The fraction of sp³-hybridized carbons (Fsp3) is 0.273. The molecule has 2 heterocycles. The van der Waals surface area contributed by atoms with Gasteiger partial charge in [0.05, 0.1) is 21.4 Å². The van der Waals surface area contributed by atoms with Crippen molar-refractivity contribution >= 4 is 32.9 Å². The van der Waals surface area contributed by atoms with Crippen molar-refractivity contribution in [3.8, 4) is 0 Å². The van der Waals surface area contributed by atoms with Gasteiger partial charge in [-0.1, -0.05) is 15.9 Å². The second kappa shape index (κ2) is 3.31. The number of alkyl halides is 1. The average Bonchev–Trinajstić information content (AvgIpc) is 2.78. The van der Waals surface area contributed by atoms with Gasteiger partial charge in [0.1, 0.15) is 5.82 Å². The second-order valence-electron chi connectivity index (χ2n) is 3.89. The maximum absolute atomic E-state index is 10.9. The zero-order valence-electron chi connectivity index (χ0n) is 8.35. The van der Waals surface area contributed by atoms with E-state index in [1.807, 2.05) is 0 Å². The number of carboxylic acid groups (broad SMARTS) is 1. The Morgan fingerprint density at radius 2 is 2.38 bits per heavy atom. The van der Waals surface area contributed by atoms with Gasteiger partial charge >= 0.3 is 5.97 Å². The topological polar surface area (TPSA) is 55.1 Å². The molecule has 1 aliphatic heterocycles. The summed E-state index contributed by atoms with van der Waals surface area (Å²) in [4.78, 5) is 15.7. The lowest BCUT2D eigenvalue weighted by Crippen LogP contribution is -1.97. The molecule has 16 heavy (non-hydrogen) atoms. The van der Waals surface area contributed by atoms with Gasteiger partial charge in [0.15, 0.2) is 0 Å². The number of fused-ring (bicyclic) bond motifs is 3. The molecule has 1 aromatic heterocycles. The molecule has 1 N–H and O–H groups in total. The van der Waals surface area contributed by atoms with Crippen molar-refractivity contribution in [3.63, 3.8) is 0 Å². The highest BCUT2D eigenvalue weighted by molar-refractivity contribution is 9.09. The van der Waals surface area contributed by atoms with Crippen molar-refractivity contribution in [3.05, 3.63) is 29.6 Å². The van der Waals surface area contributed by atoms with Gasteiger partial charge in [-0.05, 0) is 24.6 Å². The Labute approximate surface area is 100 Å². The Hall–Kier alpha value is -1.36. The SMILES string of the molecule is O=C(O)c1ccc2nc3n(c2c1)CCC3Br. The number of aromatic carboxylic acids is 1. The van der Waals surface area contributed by atoms with E-state index < -0.39 is 5.97 Å². The number of hydrogen-bond acceptors (Lipinski definition) is 2. The minimum atomic E-state index is -0.897. The van der Waals surface area contributed by atoms with Crippen LogP contribution in [-0.4, -0.2) is 20.6 Å². The largest absolute Gasteiger partial charge is 0.478 e. The van der Waals surface area contributed by atoms with E-state index in [4.69, 9.17) is 5.11 Å². The molecule has 3 rings (SSSR count). The van der Waals surface area contributed by atoms with Crippen LogP contribution in [0.4, 0.5) is 0 Å². The van der Waals surface area contributed by atoms with Crippen LogP contribution in [0.2, 0.25) is 0 Å². The van der Waals surface area contributed by atoms with Gasteiger partial charge in [-0.3, -0.25) is 0 Å². The van der Waals surface area contributed by atoms with E-state index in [9.17, 15) is 4.79 Å². The molecule has 1 atom stereocenters. The molecule has 82 valence electrons. The summed E-state index contributed by atoms with van der Waals surface area (Å²) in [5.41, 5.74) is 2.09. The molecule has 0 radical (unpaired) electrons. The number of imidazole rings is 1. The van der Waals surface area contributed by atoms with Crippen LogP contribution in [-0.2, 0) is 6.54 Å². The van der Waals surface area contributed by atoms with Crippen molar-refractivity contribution in [2.24, 2.45) is 0 Å². The summed E-state index contributed by atoms with van der Waals surface area (Å²) in [6.45, 7) is 0.894. The maximum atomic E-state index is 10.9. The summed E-state index contributed by atoms with van der Waals surface area (Å²) in [5, 5.41) is 8.94. The lowest BCUT2D eigenvalue weighted by atomic mass is 10.2. The Morgan fingerprint density at radius 1 is 1.56 bits per heavy atom. The monoisotopic (exact) mass is 280 g/mol. The van der Waals surface area contributed by atoms with Crippen LogP contribution < -0.4 is 0 Å². The molecule has 0 aliphatic carbocycles. The van der Waals surface area contributed by atoms with E-state index >= 15 is 0 Å². The quantitative estimate of drug-likeness (QED) is 0.817. The van der Waals surface area contributed by atoms with E-state index in [-0.39, 0.29) is 4.83 Å². The van der Waals surface area contributed by atoms with Crippen LogP contribution in [0.5, 0.6) is 0 Å². The van der Waals surface area contributed by atoms with E-state index in [2.05, 4.69) is 25.5 Å². The van der Waals surface area contributed by atoms with Crippen molar-refractivity contribution in [1.29, 1.82) is 0 Å². The molecule has 2 aromatic rings. The minimum absolute atomic E-state index is 0.285. The van der Waals surface area contributed by atoms with Gasteiger partial charge in [0, 0.05) is 6.54 Å². The van der Waals surface area contributed by atoms with Gasteiger partial charge in [0.25, 0.3) is 0 Å². The van der Waals surface area contributed by atoms with Crippen LogP contribution in [0.15, 0.2) is 18.2 Å². The number of carbonyl (C=O) groups is 1. The van der Waals surface area contributed by atoms with Gasteiger partial charge < -0.3 is 9.67 Å². The van der Waals surface area contributed by atoms with Crippen LogP contribution in [0.1, 0.15) is 27.4 Å². The minimum Gasteiger partial charge on any atom is -0.478 e. The standard InChI is InChI=1S/C11H9BrN2O2/c12-7-3-4-14-9-5-6(11(15)16)1-2-8(9)13-10(7)14/h1-2,5,7H,3-4H2,(H,15,16). The Balaban J connectivity index is 2.27. The third-order valence-electron chi connectivity index (χ3n) is 2.91. The van der Waals surface area contributed by atoms with Crippen molar-refractivity contribution < 1.29 is 9.90 Å². The summed E-state index contributed by atoms with van der Waals surface area (Å²) < 4.78 is 2.08. The van der Waals surface area contributed by atoms with E-state index in [1.54, 1.807) is 18.2 Å². The second-order valence-corrected chi connectivity index (χ2v) is 4.99. The molecule has 0 bridgehead atoms. The Morgan fingerprint density at radius 3 is 3.12 bits per heavy atom. The van der Waals surface area contributed by atoms with Gasteiger partial charge in [-0.15, -0.1) is 0 Å². The first-order chi connectivity index (χ1) is 7.66. The number of carboxylic acids is 1. The molecular formula is C11H9BrN2O2. The summed E-state index contributed by atoms with van der Waals surface area (Å²) in [6.07, 6.45) is 1.01. The number of halogens is 1. The first-order valence-electron chi connectivity index (χ1n) is 5.04. The van der Waals surface area contributed by atoms with Gasteiger partial charge in [-0.25, -0.2) is 9.78 Å². The number of aromatic nitrogens is 2. The van der Waals surface area contributed by atoms with Crippen molar-refractivity contribution in [2.75, 3.05) is 0 Å². The number of nitrogens with zero attached hydrogens (tertiary/aromatic N) is 2. The number of rotatable bonds is 1. The van der Waals surface area contributed by atoms with E-state index in [1.165, 1.54) is 0 Å². The van der Waals surface area contributed by atoms with Crippen LogP contribution >= 0.6 is 15.9 Å². The fourth-order valence-electron chi connectivity index (χ4n) is 2.12. The molecule has 5 heteroatoms. The van der Waals surface area contributed by atoms with Crippen LogP contribution in [0.25, 0.3) is 11.0 Å². The summed E-state index contributed by atoms with van der Waals surface area (Å²) >= 11 is 3.56. The first-order valence-corrected chi connectivity index (χ1v) is 5.96. The van der Waals surface area contributed by atoms with E-state index in [0.717, 1.165) is 29.8 Å². The van der Waals surface area contributed by atoms with Crippen molar-refractivity contribution in [1.82, 2.24) is 9.55 Å². The zero-order chi connectivity index (χ0) is 11.3. The lowest BCUT2D eigenvalue weighted by Gasteiger charge is -1.99. The highest BCUT2D eigenvalue weighted by atomic mass is 79.9. The highest BCUT2D eigenvalue weighted by Gasteiger charge is 2.24. The normalized spacial score (nSPS) is 18.9. The molecule has 1 aromatic carbocycles. The molecule has 0 fully saturated rings. The highest BCUT2D eigenvalue weighted by Crippen LogP contribution is 2.35. The molecule has 0 amide bonds. The molecule has 0 saturated heterocycles. The number of benzene rings is 1. The third-order valence-corrected chi connectivity index (χ3v) is 3.78. The zero-order valence-corrected chi connectivity index (χ0v) is 9.94. The molecule has 4 nitrogen and oxygen atoms in total. The number of aryl methyl sites for hydroxylation is 1. The average molecular weight is 281 g/mol. The van der Waals surface area contributed by atoms with Crippen molar-refractivity contribution in [2.45, 2.75) is 17.8 Å².